The maximum absolute atomic E-state index is 15.1. The van der Waals surface area contributed by atoms with Gasteiger partial charge in [-0.2, -0.15) is 5.26 Å². The molecule has 0 atom stereocenters. The van der Waals surface area contributed by atoms with Crippen LogP contribution in [0.5, 0.6) is 0 Å². The average Bonchev–Trinajstić information content (AvgIpc) is 3.07. The van der Waals surface area contributed by atoms with Crippen molar-refractivity contribution >= 4 is 17.0 Å². The maximum atomic E-state index is 15.1. The Morgan fingerprint density at radius 2 is 1.93 bits per heavy atom. The van der Waals surface area contributed by atoms with Crippen molar-refractivity contribution in [3.05, 3.63) is 35.5 Å². The van der Waals surface area contributed by atoms with Gasteiger partial charge < -0.3 is 15.0 Å². The lowest BCUT2D eigenvalue weighted by Crippen LogP contribution is -2.23. The van der Waals surface area contributed by atoms with E-state index in [9.17, 15) is 10.4 Å². The molecular weight excluding hydrogens is 383 g/mol. The molecule has 0 aliphatic rings. The van der Waals surface area contributed by atoms with Crippen LogP contribution in [0.25, 0.3) is 22.3 Å². The number of fused-ring (bicyclic) bond motifs is 1. The van der Waals surface area contributed by atoms with Crippen molar-refractivity contribution in [2.45, 2.75) is 53.2 Å². The van der Waals surface area contributed by atoms with E-state index in [1.807, 2.05) is 18.4 Å². The predicted octanol–water partition coefficient (Wildman–Crippen LogP) is 4.38. The average molecular weight is 410 g/mol. The minimum atomic E-state index is -1.24. The lowest BCUT2D eigenvalue weighted by Gasteiger charge is -2.21. The van der Waals surface area contributed by atoms with Gasteiger partial charge in [0.2, 0.25) is 5.95 Å². The number of nitrogens with one attached hydrogen (secondary N) is 1. The van der Waals surface area contributed by atoms with Crippen LogP contribution >= 0.6 is 0 Å². The van der Waals surface area contributed by atoms with Crippen molar-refractivity contribution in [2.24, 2.45) is 5.92 Å². The highest BCUT2D eigenvalue weighted by atomic mass is 19.1. The highest BCUT2D eigenvalue weighted by Gasteiger charge is 2.28. The van der Waals surface area contributed by atoms with Crippen molar-refractivity contribution in [1.82, 2.24) is 19.5 Å². The maximum Gasteiger partial charge on any atom is 0.223 e. The van der Waals surface area contributed by atoms with Crippen LogP contribution in [0.1, 0.15) is 59.0 Å². The molecule has 2 heterocycles. The summed E-state index contributed by atoms with van der Waals surface area (Å²) in [5.74, 6) is 0.618. The summed E-state index contributed by atoms with van der Waals surface area (Å²) in [7, 11) is 0. The number of nitriles is 1. The van der Waals surface area contributed by atoms with Crippen LogP contribution in [-0.4, -0.2) is 31.2 Å². The van der Waals surface area contributed by atoms with E-state index in [1.165, 1.54) is 12.3 Å². The molecule has 2 N–H and O–H groups in total. The zero-order valence-electron chi connectivity index (χ0n) is 18.2. The molecule has 0 unspecified atom stereocenters. The van der Waals surface area contributed by atoms with Gasteiger partial charge in [0, 0.05) is 18.2 Å². The smallest absolute Gasteiger partial charge is 0.223 e. The molecule has 0 amide bonds. The molecule has 0 fully saturated rings. The number of rotatable bonds is 6. The molecular formula is C22H27FN6O. The Morgan fingerprint density at radius 1 is 1.23 bits per heavy atom. The second-order valence-corrected chi connectivity index (χ2v) is 8.63. The third-order valence-electron chi connectivity index (χ3n) is 4.66. The molecule has 30 heavy (non-hydrogen) atoms. The second kappa shape index (κ2) is 8.00. The normalized spacial score (nSPS) is 12.0. The SMILES string of the molecule is CC(C)CNc1ncc(C#N)c(-c2cc(F)c3nc(C(C)(C)O)n(C(C)C)c3c2)n1. The Labute approximate surface area is 175 Å². The van der Waals surface area contributed by atoms with Crippen molar-refractivity contribution in [1.29, 1.82) is 5.26 Å². The minimum Gasteiger partial charge on any atom is -0.383 e. The highest BCUT2D eigenvalue weighted by molar-refractivity contribution is 5.84. The van der Waals surface area contributed by atoms with Crippen LogP contribution < -0.4 is 5.32 Å². The van der Waals surface area contributed by atoms with Gasteiger partial charge in [-0.1, -0.05) is 13.8 Å². The molecule has 8 heteroatoms. The summed E-state index contributed by atoms with van der Waals surface area (Å²) in [6.07, 6.45) is 1.44. The Hall–Kier alpha value is -3.05. The van der Waals surface area contributed by atoms with Gasteiger partial charge in [-0.3, -0.25) is 0 Å². The highest BCUT2D eigenvalue weighted by Crippen LogP contribution is 2.33. The van der Waals surface area contributed by atoms with Crippen molar-refractivity contribution in [3.8, 4) is 17.3 Å². The number of halogens is 1. The molecule has 158 valence electrons. The van der Waals surface area contributed by atoms with E-state index in [1.54, 1.807) is 19.9 Å². The van der Waals surface area contributed by atoms with E-state index < -0.39 is 11.4 Å². The molecule has 0 spiro atoms. The van der Waals surface area contributed by atoms with Crippen LogP contribution in [0, 0.1) is 23.1 Å². The molecule has 0 aliphatic heterocycles. The monoisotopic (exact) mass is 410 g/mol. The van der Waals surface area contributed by atoms with Gasteiger partial charge in [-0.25, -0.2) is 19.3 Å². The quantitative estimate of drug-likeness (QED) is 0.626. The molecule has 2 aromatic heterocycles. The number of benzene rings is 1. The van der Waals surface area contributed by atoms with Gasteiger partial charge in [-0.05, 0) is 45.7 Å². The van der Waals surface area contributed by atoms with Crippen LogP contribution in [-0.2, 0) is 5.60 Å². The summed E-state index contributed by atoms with van der Waals surface area (Å²) in [6.45, 7) is 11.9. The van der Waals surface area contributed by atoms with E-state index in [-0.39, 0.29) is 17.1 Å². The van der Waals surface area contributed by atoms with Gasteiger partial charge in [0.1, 0.15) is 23.0 Å². The summed E-state index contributed by atoms with van der Waals surface area (Å²) in [5, 5.41) is 23.2. The molecule has 7 nitrogen and oxygen atoms in total. The molecule has 0 saturated carbocycles. The minimum absolute atomic E-state index is 0.0600. The third kappa shape index (κ3) is 4.12. The second-order valence-electron chi connectivity index (χ2n) is 8.63. The fourth-order valence-corrected chi connectivity index (χ4v) is 3.31. The zero-order valence-corrected chi connectivity index (χ0v) is 18.2. The zero-order chi connectivity index (χ0) is 22.2. The van der Waals surface area contributed by atoms with E-state index in [2.05, 4.69) is 40.2 Å². The van der Waals surface area contributed by atoms with E-state index >= 15 is 4.39 Å². The van der Waals surface area contributed by atoms with Crippen LogP contribution in [0.4, 0.5) is 10.3 Å². The number of anilines is 1. The van der Waals surface area contributed by atoms with Gasteiger partial charge in [0.25, 0.3) is 0 Å². The van der Waals surface area contributed by atoms with Crippen LogP contribution in [0.15, 0.2) is 18.3 Å². The first kappa shape index (κ1) is 21.7. The summed E-state index contributed by atoms with van der Waals surface area (Å²) in [6, 6.07) is 5.11. The number of aromatic nitrogens is 4. The lowest BCUT2D eigenvalue weighted by atomic mass is 10.1. The summed E-state index contributed by atoms with van der Waals surface area (Å²) >= 11 is 0. The first-order valence-corrected chi connectivity index (χ1v) is 9.98. The predicted molar refractivity (Wildman–Crippen MR) is 114 cm³/mol. The molecule has 1 aromatic carbocycles. The van der Waals surface area contributed by atoms with Gasteiger partial charge in [-0.15, -0.1) is 0 Å². The summed E-state index contributed by atoms with van der Waals surface area (Å²) < 4.78 is 16.9. The molecule has 3 aromatic rings. The van der Waals surface area contributed by atoms with Gasteiger partial charge in [0.15, 0.2) is 5.82 Å². The van der Waals surface area contributed by atoms with Crippen LogP contribution in [0.3, 0.4) is 0 Å². The van der Waals surface area contributed by atoms with E-state index in [4.69, 9.17) is 0 Å². The van der Waals surface area contributed by atoms with Crippen LogP contribution in [0.2, 0.25) is 0 Å². The van der Waals surface area contributed by atoms with Gasteiger partial charge in [0.05, 0.1) is 23.0 Å². The number of nitrogens with zero attached hydrogens (tertiary/aromatic N) is 5. The first-order valence-electron chi connectivity index (χ1n) is 9.98. The number of aliphatic hydroxyl groups is 1. The Kier molecular flexibility index (Phi) is 5.77. The largest absolute Gasteiger partial charge is 0.383 e. The molecule has 3 rings (SSSR count). The molecule has 0 saturated heterocycles. The van der Waals surface area contributed by atoms with Crippen molar-refractivity contribution < 1.29 is 9.50 Å². The molecule has 0 bridgehead atoms. The van der Waals surface area contributed by atoms with E-state index in [0.717, 1.165) is 0 Å². The molecule has 0 aliphatic carbocycles. The van der Waals surface area contributed by atoms with Gasteiger partial charge >= 0.3 is 0 Å². The van der Waals surface area contributed by atoms with E-state index in [0.29, 0.717) is 41.0 Å². The fraction of sp³-hybridized carbons (Fsp3) is 0.455. The number of imidazole rings is 1. The lowest BCUT2D eigenvalue weighted by molar-refractivity contribution is 0.0641. The molecule has 0 radical (unpaired) electrons. The standard InChI is InChI=1S/C22H27FN6O/c1-12(2)10-25-21-26-11-15(9-24)18(28-21)14-7-16(23)19-17(8-14)29(13(3)4)20(27-19)22(5,6)30/h7-8,11-13,30H,10H2,1-6H3,(H,25,26,28). The number of hydrogen-bond donors (Lipinski definition) is 2. The first-order chi connectivity index (χ1) is 14.0. The topological polar surface area (TPSA) is 99.6 Å². The summed E-state index contributed by atoms with van der Waals surface area (Å²) in [4.78, 5) is 13.0. The van der Waals surface area contributed by atoms with Crippen molar-refractivity contribution in [3.63, 3.8) is 0 Å². The number of hydrogen-bond acceptors (Lipinski definition) is 6. The Balaban J connectivity index is 2.24. The van der Waals surface area contributed by atoms with Crippen molar-refractivity contribution in [2.75, 3.05) is 11.9 Å². The fourth-order valence-electron chi connectivity index (χ4n) is 3.31. The Bertz CT molecular complexity index is 1120. The Morgan fingerprint density at radius 3 is 2.50 bits per heavy atom. The summed E-state index contributed by atoms with van der Waals surface area (Å²) in [5.41, 5.74) is 0.529. The third-order valence-corrected chi connectivity index (χ3v) is 4.66.